The van der Waals surface area contributed by atoms with Crippen LogP contribution in [0.2, 0.25) is 0 Å². The lowest BCUT2D eigenvalue weighted by atomic mass is 10.0. The molecule has 5 aromatic rings. The highest BCUT2D eigenvalue weighted by atomic mass is 79.9. The van der Waals surface area contributed by atoms with E-state index in [-0.39, 0.29) is 5.75 Å². The smallest absolute Gasteiger partial charge is 0.343 e. The van der Waals surface area contributed by atoms with Crippen molar-refractivity contribution in [1.29, 1.82) is 0 Å². The van der Waals surface area contributed by atoms with E-state index in [0.29, 0.717) is 41.5 Å². The molecular formula is C33H27Br2N3O5. The standard InChI is InChI=1S/C33H27Br2N3O5/c1-3-41-27-15-13-21(18-28(27)42-4-2)33(40)43-26-16-14-23(34)17-22(26)19-36-38-32(39)31-29(20-9-6-5-7-10-20)24-11-8-12-25(35)30(24)37-31/h5-19,37H,3-4H2,1-2H3,(H,38,39). The normalized spacial score (nSPS) is 11.1. The van der Waals surface area contributed by atoms with Gasteiger partial charge < -0.3 is 19.2 Å². The highest BCUT2D eigenvalue weighted by molar-refractivity contribution is 9.11. The first-order valence-electron chi connectivity index (χ1n) is 13.5. The zero-order chi connectivity index (χ0) is 30.3. The molecule has 8 nitrogen and oxygen atoms in total. The van der Waals surface area contributed by atoms with Crippen molar-refractivity contribution in [2.75, 3.05) is 13.2 Å². The largest absolute Gasteiger partial charge is 0.490 e. The zero-order valence-electron chi connectivity index (χ0n) is 23.3. The van der Waals surface area contributed by atoms with Crippen molar-refractivity contribution in [3.8, 4) is 28.4 Å². The maximum absolute atomic E-state index is 13.4. The highest BCUT2D eigenvalue weighted by Gasteiger charge is 2.20. The lowest BCUT2D eigenvalue weighted by Gasteiger charge is -2.13. The number of esters is 1. The van der Waals surface area contributed by atoms with Crippen LogP contribution in [0.15, 0.2) is 99.0 Å². The van der Waals surface area contributed by atoms with Crippen LogP contribution >= 0.6 is 31.9 Å². The van der Waals surface area contributed by atoms with Crippen LogP contribution in [0.5, 0.6) is 17.2 Å². The van der Waals surface area contributed by atoms with Gasteiger partial charge in [0.2, 0.25) is 0 Å². The zero-order valence-corrected chi connectivity index (χ0v) is 26.5. The van der Waals surface area contributed by atoms with E-state index < -0.39 is 11.9 Å². The van der Waals surface area contributed by atoms with Gasteiger partial charge in [0.05, 0.1) is 30.5 Å². The Morgan fingerprint density at radius 2 is 1.60 bits per heavy atom. The molecule has 0 unspecified atom stereocenters. The molecule has 0 spiro atoms. The number of carbonyl (C=O) groups is 2. The van der Waals surface area contributed by atoms with Crippen molar-refractivity contribution < 1.29 is 23.8 Å². The molecule has 1 aromatic heterocycles. The Hall–Kier alpha value is -4.41. The van der Waals surface area contributed by atoms with Crippen LogP contribution in [-0.2, 0) is 0 Å². The van der Waals surface area contributed by atoms with Crippen molar-refractivity contribution in [2.45, 2.75) is 13.8 Å². The molecule has 2 N–H and O–H groups in total. The summed E-state index contributed by atoms with van der Waals surface area (Å²) in [5.41, 5.74) is 6.21. The predicted molar refractivity (Wildman–Crippen MR) is 174 cm³/mol. The Bertz CT molecular complexity index is 1820. The topological polar surface area (TPSA) is 102 Å². The van der Waals surface area contributed by atoms with Gasteiger partial charge in [-0.2, -0.15) is 5.10 Å². The number of H-pyrrole nitrogens is 1. The molecule has 0 radical (unpaired) electrons. The number of halogens is 2. The fourth-order valence-corrected chi connectivity index (χ4v) is 5.37. The number of benzene rings is 4. The van der Waals surface area contributed by atoms with Crippen molar-refractivity contribution in [3.05, 3.63) is 111 Å². The predicted octanol–water partition coefficient (Wildman–Crippen LogP) is 8.14. The van der Waals surface area contributed by atoms with Crippen LogP contribution < -0.4 is 19.6 Å². The number of aromatic amines is 1. The van der Waals surface area contributed by atoms with E-state index in [1.807, 2.05) is 62.4 Å². The van der Waals surface area contributed by atoms with Gasteiger partial charge in [0.15, 0.2) is 11.5 Å². The van der Waals surface area contributed by atoms with E-state index in [9.17, 15) is 9.59 Å². The van der Waals surface area contributed by atoms with Crippen LogP contribution in [0.1, 0.15) is 40.3 Å². The van der Waals surface area contributed by atoms with Gasteiger partial charge in [0, 0.05) is 25.5 Å². The fourth-order valence-electron chi connectivity index (χ4n) is 4.52. The molecular weight excluding hydrogens is 678 g/mol. The van der Waals surface area contributed by atoms with Crippen LogP contribution in [0.3, 0.4) is 0 Å². The highest BCUT2D eigenvalue weighted by Crippen LogP contribution is 2.36. The third-order valence-corrected chi connectivity index (χ3v) is 7.55. The van der Waals surface area contributed by atoms with Crippen LogP contribution in [0.25, 0.3) is 22.0 Å². The van der Waals surface area contributed by atoms with Gasteiger partial charge in [-0.1, -0.05) is 58.4 Å². The second-order valence-electron chi connectivity index (χ2n) is 9.20. The molecule has 4 aromatic carbocycles. The minimum atomic E-state index is -0.582. The van der Waals surface area contributed by atoms with E-state index in [1.54, 1.807) is 36.4 Å². The molecule has 0 bridgehead atoms. The summed E-state index contributed by atoms with van der Waals surface area (Å²) in [5.74, 6) is 0.257. The van der Waals surface area contributed by atoms with E-state index in [2.05, 4.69) is 47.4 Å². The molecule has 0 saturated heterocycles. The summed E-state index contributed by atoms with van der Waals surface area (Å²) < 4.78 is 18.5. The van der Waals surface area contributed by atoms with Gasteiger partial charge >= 0.3 is 5.97 Å². The molecule has 0 aliphatic carbocycles. The summed E-state index contributed by atoms with van der Waals surface area (Å²) in [6.07, 6.45) is 1.43. The number of fused-ring (bicyclic) bond motifs is 1. The molecule has 10 heteroatoms. The van der Waals surface area contributed by atoms with Crippen molar-refractivity contribution >= 4 is 60.9 Å². The van der Waals surface area contributed by atoms with Gasteiger partial charge in [-0.3, -0.25) is 4.79 Å². The van der Waals surface area contributed by atoms with Gasteiger partial charge in [-0.25, -0.2) is 10.2 Å². The van der Waals surface area contributed by atoms with E-state index in [1.165, 1.54) is 6.21 Å². The van der Waals surface area contributed by atoms with E-state index in [0.717, 1.165) is 31.0 Å². The number of carbonyl (C=O) groups excluding carboxylic acids is 2. The number of nitrogens with one attached hydrogen (secondary N) is 2. The van der Waals surface area contributed by atoms with Gasteiger partial charge in [-0.15, -0.1) is 0 Å². The lowest BCUT2D eigenvalue weighted by molar-refractivity contribution is 0.0733. The number of amides is 1. The molecule has 1 heterocycles. The number of rotatable bonds is 10. The molecule has 0 aliphatic heterocycles. The number of para-hydroxylation sites is 1. The number of hydrazone groups is 1. The Kier molecular flexibility index (Phi) is 9.58. The van der Waals surface area contributed by atoms with Crippen molar-refractivity contribution in [3.63, 3.8) is 0 Å². The Balaban J connectivity index is 1.39. The summed E-state index contributed by atoms with van der Waals surface area (Å²) in [6, 6.07) is 25.5. The maximum Gasteiger partial charge on any atom is 0.343 e. The SMILES string of the molecule is CCOc1ccc(C(=O)Oc2ccc(Br)cc2C=NNC(=O)c2[nH]c3c(Br)cccc3c2-c2ccccc2)cc1OCC. The second-order valence-corrected chi connectivity index (χ2v) is 11.0. The summed E-state index contributed by atoms with van der Waals surface area (Å²) in [6.45, 7) is 4.61. The Labute approximate surface area is 265 Å². The minimum absolute atomic E-state index is 0.262. The molecule has 5 rings (SSSR count). The molecule has 218 valence electrons. The first-order chi connectivity index (χ1) is 20.9. The fraction of sp³-hybridized carbons (Fsp3) is 0.121. The summed E-state index contributed by atoms with van der Waals surface area (Å²) in [4.78, 5) is 29.7. The number of aromatic nitrogens is 1. The molecule has 0 aliphatic rings. The Morgan fingerprint density at radius 1 is 0.860 bits per heavy atom. The Morgan fingerprint density at radius 3 is 2.37 bits per heavy atom. The van der Waals surface area contributed by atoms with E-state index >= 15 is 0 Å². The first-order valence-corrected chi connectivity index (χ1v) is 15.1. The summed E-state index contributed by atoms with van der Waals surface area (Å²) >= 11 is 7.02. The lowest BCUT2D eigenvalue weighted by Crippen LogP contribution is -2.19. The molecule has 1 amide bonds. The molecule has 0 atom stereocenters. The number of nitrogens with zero attached hydrogens (tertiary/aromatic N) is 1. The minimum Gasteiger partial charge on any atom is -0.490 e. The number of hydrogen-bond donors (Lipinski definition) is 2. The van der Waals surface area contributed by atoms with Crippen molar-refractivity contribution in [1.82, 2.24) is 10.4 Å². The maximum atomic E-state index is 13.4. The quantitative estimate of drug-likeness (QED) is 0.0662. The summed E-state index contributed by atoms with van der Waals surface area (Å²) in [5, 5.41) is 5.09. The third-order valence-electron chi connectivity index (χ3n) is 6.40. The monoisotopic (exact) mass is 703 g/mol. The average molecular weight is 705 g/mol. The van der Waals surface area contributed by atoms with Gasteiger partial charge in [0.25, 0.3) is 5.91 Å². The van der Waals surface area contributed by atoms with Gasteiger partial charge in [0.1, 0.15) is 11.4 Å². The first kappa shape index (κ1) is 30.1. The second kappa shape index (κ2) is 13.7. The molecule has 43 heavy (non-hydrogen) atoms. The van der Waals surface area contributed by atoms with Crippen LogP contribution in [0, 0.1) is 0 Å². The van der Waals surface area contributed by atoms with Crippen molar-refractivity contribution in [2.24, 2.45) is 5.10 Å². The average Bonchev–Trinajstić information content (AvgIpc) is 3.41. The number of hydrogen-bond acceptors (Lipinski definition) is 6. The molecule has 0 saturated carbocycles. The summed E-state index contributed by atoms with van der Waals surface area (Å²) in [7, 11) is 0. The van der Waals surface area contributed by atoms with Crippen LogP contribution in [-0.4, -0.2) is 36.3 Å². The number of ether oxygens (including phenoxy) is 3. The van der Waals surface area contributed by atoms with Gasteiger partial charge in [-0.05, 0) is 77.8 Å². The van der Waals surface area contributed by atoms with E-state index in [4.69, 9.17) is 14.2 Å². The van der Waals surface area contributed by atoms with Crippen LogP contribution in [0.4, 0.5) is 0 Å². The third kappa shape index (κ3) is 6.81. The molecule has 0 fully saturated rings.